The number of amides is 1. The highest BCUT2D eigenvalue weighted by atomic mass is 35.5. The molecule has 0 bridgehead atoms. The third kappa shape index (κ3) is 3.44. The van der Waals surface area contributed by atoms with Gasteiger partial charge in [-0.05, 0) is 19.1 Å². The molecule has 1 heterocycles. The number of nitrogens with one attached hydrogen (secondary N) is 1. The van der Waals surface area contributed by atoms with Crippen molar-refractivity contribution in [1.82, 2.24) is 10.2 Å². The molecule has 0 saturated heterocycles. The number of rotatable bonds is 4. The van der Waals surface area contributed by atoms with Gasteiger partial charge in [-0.15, -0.1) is 22.0 Å². The zero-order chi connectivity index (χ0) is 13.0. The molecule has 0 aliphatic rings. The maximum absolute atomic E-state index is 11.9. The summed E-state index contributed by atoms with van der Waals surface area (Å²) in [5.74, 6) is -0.114. The van der Waals surface area contributed by atoms with Gasteiger partial charge in [-0.2, -0.15) is 0 Å². The van der Waals surface area contributed by atoms with Gasteiger partial charge < -0.3 is 0 Å². The van der Waals surface area contributed by atoms with Gasteiger partial charge in [0.2, 0.25) is 11.0 Å². The first-order valence-electron chi connectivity index (χ1n) is 5.15. The molecule has 1 N–H and O–H groups in total. The van der Waals surface area contributed by atoms with Gasteiger partial charge in [0.25, 0.3) is 0 Å². The monoisotopic (exact) mass is 299 g/mol. The molecule has 0 radical (unpaired) electrons. The summed E-state index contributed by atoms with van der Waals surface area (Å²) in [6, 6.07) is 7.45. The van der Waals surface area contributed by atoms with E-state index in [2.05, 4.69) is 15.5 Å². The minimum Gasteiger partial charge on any atom is -0.300 e. The first kappa shape index (κ1) is 13.3. The lowest BCUT2D eigenvalue weighted by Gasteiger charge is -2.11. The zero-order valence-electron chi connectivity index (χ0n) is 9.46. The highest BCUT2D eigenvalue weighted by Gasteiger charge is 2.16. The summed E-state index contributed by atoms with van der Waals surface area (Å²) in [4.78, 5) is 12.8. The maximum Gasteiger partial charge on any atom is 0.239 e. The molecule has 2 aromatic rings. The number of benzene rings is 1. The first-order chi connectivity index (χ1) is 8.66. The Hall–Kier alpha value is -1.11. The predicted molar refractivity (Wildman–Crippen MR) is 75.3 cm³/mol. The van der Waals surface area contributed by atoms with Crippen LogP contribution in [0.5, 0.6) is 0 Å². The van der Waals surface area contributed by atoms with Gasteiger partial charge in [-0.25, -0.2) is 0 Å². The Kier molecular flexibility index (Phi) is 4.57. The minimum atomic E-state index is -0.256. The van der Waals surface area contributed by atoms with E-state index in [0.717, 1.165) is 4.90 Å². The van der Waals surface area contributed by atoms with Gasteiger partial charge in [0.15, 0.2) is 0 Å². The number of carbonyl (C=O) groups is 1. The van der Waals surface area contributed by atoms with Crippen molar-refractivity contribution in [2.75, 3.05) is 5.32 Å². The predicted octanol–water partition coefficient (Wildman–Crippen LogP) is 3.31. The van der Waals surface area contributed by atoms with E-state index in [-0.39, 0.29) is 11.2 Å². The Morgan fingerprint density at radius 1 is 1.50 bits per heavy atom. The van der Waals surface area contributed by atoms with Crippen molar-refractivity contribution in [3.8, 4) is 0 Å². The van der Waals surface area contributed by atoms with Crippen LogP contribution in [0, 0.1) is 0 Å². The summed E-state index contributed by atoms with van der Waals surface area (Å²) in [5, 5.41) is 11.0. The van der Waals surface area contributed by atoms with Crippen LogP contribution in [0.25, 0.3) is 0 Å². The Bertz CT molecular complexity index is 533. The summed E-state index contributed by atoms with van der Waals surface area (Å²) < 4.78 is 0. The summed E-state index contributed by atoms with van der Waals surface area (Å²) in [6.45, 7) is 1.82. The number of anilines is 1. The van der Waals surface area contributed by atoms with Gasteiger partial charge in [0.05, 0.1) is 10.3 Å². The van der Waals surface area contributed by atoms with Gasteiger partial charge in [0.1, 0.15) is 5.51 Å². The highest BCUT2D eigenvalue weighted by Crippen LogP contribution is 2.30. The van der Waals surface area contributed by atoms with E-state index in [1.807, 2.05) is 25.1 Å². The molecule has 0 aliphatic heterocycles. The molecule has 0 spiro atoms. The topological polar surface area (TPSA) is 54.9 Å². The maximum atomic E-state index is 11.9. The highest BCUT2D eigenvalue weighted by molar-refractivity contribution is 8.00. The molecule has 1 aromatic heterocycles. The number of aromatic nitrogens is 2. The van der Waals surface area contributed by atoms with E-state index >= 15 is 0 Å². The summed E-state index contributed by atoms with van der Waals surface area (Å²) in [7, 11) is 0. The van der Waals surface area contributed by atoms with E-state index in [4.69, 9.17) is 11.6 Å². The molecule has 1 unspecified atom stereocenters. The second kappa shape index (κ2) is 6.17. The van der Waals surface area contributed by atoms with E-state index < -0.39 is 0 Å². The van der Waals surface area contributed by atoms with Crippen molar-refractivity contribution in [2.24, 2.45) is 0 Å². The van der Waals surface area contributed by atoms with Crippen LogP contribution in [0.1, 0.15) is 6.92 Å². The molecule has 2 rings (SSSR count). The van der Waals surface area contributed by atoms with Crippen molar-refractivity contribution >= 4 is 45.7 Å². The Morgan fingerprint density at radius 2 is 2.28 bits per heavy atom. The SMILES string of the molecule is CC(Sc1ccccc1Cl)C(=O)Nc1nncs1. The average Bonchev–Trinajstić information content (AvgIpc) is 2.84. The lowest BCUT2D eigenvalue weighted by molar-refractivity contribution is -0.115. The molecule has 94 valence electrons. The molecule has 18 heavy (non-hydrogen) atoms. The molecule has 1 atom stereocenters. The van der Waals surface area contributed by atoms with Gasteiger partial charge in [-0.1, -0.05) is 35.1 Å². The van der Waals surface area contributed by atoms with Crippen LogP contribution in [0.2, 0.25) is 5.02 Å². The van der Waals surface area contributed by atoms with E-state index in [0.29, 0.717) is 10.2 Å². The number of hydrogen-bond acceptors (Lipinski definition) is 5. The standard InChI is InChI=1S/C11H10ClN3OS2/c1-7(10(16)14-11-15-13-6-17-11)18-9-5-3-2-4-8(9)12/h2-7H,1H3,(H,14,15,16). The van der Waals surface area contributed by atoms with Crippen LogP contribution >= 0.6 is 34.7 Å². The fourth-order valence-electron chi connectivity index (χ4n) is 1.22. The molecular weight excluding hydrogens is 290 g/mol. The summed E-state index contributed by atoms with van der Waals surface area (Å²) in [5.41, 5.74) is 1.57. The summed E-state index contributed by atoms with van der Waals surface area (Å²) in [6.07, 6.45) is 0. The largest absolute Gasteiger partial charge is 0.300 e. The number of nitrogens with zero attached hydrogens (tertiary/aromatic N) is 2. The lowest BCUT2D eigenvalue weighted by Crippen LogP contribution is -2.22. The number of thioether (sulfide) groups is 1. The number of halogens is 1. The second-order valence-electron chi connectivity index (χ2n) is 3.42. The first-order valence-corrected chi connectivity index (χ1v) is 7.29. The van der Waals surface area contributed by atoms with E-state index in [9.17, 15) is 4.79 Å². The van der Waals surface area contributed by atoms with Crippen LogP contribution in [-0.2, 0) is 4.79 Å². The van der Waals surface area contributed by atoms with Crippen LogP contribution in [0.3, 0.4) is 0 Å². The molecular formula is C11H10ClN3OS2. The minimum absolute atomic E-state index is 0.114. The molecule has 7 heteroatoms. The van der Waals surface area contributed by atoms with Crippen molar-refractivity contribution in [2.45, 2.75) is 17.1 Å². The molecule has 1 amide bonds. The fourth-order valence-corrected chi connectivity index (χ4v) is 2.82. The second-order valence-corrected chi connectivity index (χ2v) is 6.05. The van der Waals surface area contributed by atoms with E-state index in [1.54, 1.807) is 11.6 Å². The Balaban J connectivity index is 1.97. The van der Waals surface area contributed by atoms with Gasteiger partial charge >= 0.3 is 0 Å². The molecule has 0 fully saturated rings. The van der Waals surface area contributed by atoms with Crippen LogP contribution in [-0.4, -0.2) is 21.4 Å². The Labute approximate surface area is 118 Å². The normalized spacial score (nSPS) is 12.1. The number of carbonyl (C=O) groups excluding carboxylic acids is 1. The number of hydrogen-bond donors (Lipinski definition) is 1. The van der Waals surface area contributed by atoms with Crippen LogP contribution in [0.15, 0.2) is 34.7 Å². The third-order valence-electron chi connectivity index (χ3n) is 2.10. The summed E-state index contributed by atoms with van der Waals surface area (Å²) >= 11 is 8.74. The van der Waals surface area contributed by atoms with Gasteiger partial charge in [0, 0.05) is 4.90 Å². The van der Waals surface area contributed by atoms with Crippen molar-refractivity contribution in [1.29, 1.82) is 0 Å². The van der Waals surface area contributed by atoms with Gasteiger partial charge in [-0.3, -0.25) is 10.1 Å². The van der Waals surface area contributed by atoms with E-state index in [1.165, 1.54) is 23.1 Å². The van der Waals surface area contributed by atoms with Crippen LogP contribution < -0.4 is 5.32 Å². The Morgan fingerprint density at radius 3 is 2.94 bits per heavy atom. The quantitative estimate of drug-likeness (QED) is 0.880. The fraction of sp³-hybridized carbons (Fsp3) is 0.182. The lowest BCUT2D eigenvalue weighted by atomic mass is 10.4. The molecule has 1 aromatic carbocycles. The molecule has 4 nitrogen and oxygen atoms in total. The molecule has 0 aliphatic carbocycles. The average molecular weight is 300 g/mol. The zero-order valence-corrected chi connectivity index (χ0v) is 11.9. The third-order valence-corrected chi connectivity index (χ3v) is 4.33. The van der Waals surface area contributed by atoms with Crippen LogP contribution in [0.4, 0.5) is 5.13 Å². The van der Waals surface area contributed by atoms with Crippen molar-refractivity contribution < 1.29 is 4.79 Å². The van der Waals surface area contributed by atoms with Crippen molar-refractivity contribution in [3.05, 3.63) is 34.8 Å². The van der Waals surface area contributed by atoms with Crippen molar-refractivity contribution in [3.63, 3.8) is 0 Å². The molecule has 0 saturated carbocycles. The smallest absolute Gasteiger partial charge is 0.239 e.